The maximum absolute atomic E-state index is 11.9. The van der Waals surface area contributed by atoms with Gasteiger partial charge < -0.3 is 10.2 Å². The standard InChI is InChI=1S/C12H14N2O5S/c1-12(17,6-11(15)16)8-14-20(18,19)10-4-2-9(7-13)3-5-10/h2-5,14,17H,6,8H2,1H3,(H,15,16). The summed E-state index contributed by atoms with van der Waals surface area (Å²) >= 11 is 0. The van der Waals surface area contributed by atoms with Crippen LogP contribution in [0.1, 0.15) is 18.9 Å². The summed E-state index contributed by atoms with van der Waals surface area (Å²) < 4.78 is 26.0. The van der Waals surface area contributed by atoms with Crippen molar-refractivity contribution in [3.63, 3.8) is 0 Å². The third-order valence-electron chi connectivity index (χ3n) is 2.47. The van der Waals surface area contributed by atoms with Crippen LogP contribution in [0.4, 0.5) is 0 Å². The topological polar surface area (TPSA) is 127 Å². The Hall–Kier alpha value is -1.95. The van der Waals surface area contributed by atoms with Gasteiger partial charge in [0.1, 0.15) is 0 Å². The van der Waals surface area contributed by atoms with E-state index in [1.54, 1.807) is 0 Å². The fourth-order valence-electron chi connectivity index (χ4n) is 1.43. The van der Waals surface area contributed by atoms with Crippen LogP contribution in [-0.2, 0) is 14.8 Å². The molecular weight excluding hydrogens is 284 g/mol. The molecule has 20 heavy (non-hydrogen) atoms. The lowest BCUT2D eigenvalue weighted by Gasteiger charge is -2.21. The van der Waals surface area contributed by atoms with Gasteiger partial charge in [-0.3, -0.25) is 4.79 Å². The van der Waals surface area contributed by atoms with Crippen molar-refractivity contribution in [1.29, 1.82) is 5.26 Å². The lowest BCUT2D eigenvalue weighted by Crippen LogP contribution is -2.42. The molecule has 0 amide bonds. The highest BCUT2D eigenvalue weighted by atomic mass is 32.2. The number of nitriles is 1. The van der Waals surface area contributed by atoms with Crippen molar-refractivity contribution in [3.05, 3.63) is 29.8 Å². The van der Waals surface area contributed by atoms with Crippen LogP contribution in [0.2, 0.25) is 0 Å². The van der Waals surface area contributed by atoms with Crippen molar-refractivity contribution in [2.75, 3.05) is 6.54 Å². The van der Waals surface area contributed by atoms with E-state index in [4.69, 9.17) is 10.4 Å². The van der Waals surface area contributed by atoms with E-state index in [0.29, 0.717) is 5.56 Å². The second-order valence-corrected chi connectivity index (χ2v) is 6.30. The molecule has 0 saturated carbocycles. The summed E-state index contributed by atoms with van der Waals surface area (Å²) in [5.74, 6) is -1.23. The molecule has 8 heteroatoms. The van der Waals surface area contributed by atoms with E-state index in [9.17, 15) is 18.3 Å². The number of hydrogen-bond acceptors (Lipinski definition) is 5. The molecule has 1 aromatic rings. The van der Waals surface area contributed by atoms with E-state index in [0.717, 1.165) is 0 Å². The highest BCUT2D eigenvalue weighted by molar-refractivity contribution is 7.89. The van der Waals surface area contributed by atoms with Crippen LogP contribution in [-0.4, -0.2) is 36.7 Å². The summed E-state index contributed by atoms with van der Waals surface area (Å²) in [6.45, 7) is 0.796. The number of benzene rings is 1. The first-order valence-corrected chi connectivity index (χ1v) is 7.09. The summed E-state index contributed by atoms with van der Waals surface area (Å²) in [4.78, 5) is 10.4. The first-order chi connectivity index (χ1) is 9.16. The van der Waals surface area contributed by atoms with E-state index in [1.807, 2.05) is 6.07 Å². The lowest BCUT2D eigenvalue weighted by molar-refractivity contribution is -0.141. The number of carboxylic acid groups (broad SMARTS) is 1. The molecule has 3 N–H and O–H groups in total. The van der Waals surface area contributed by atoms with Crippen LogP contribution >= 0.6 is 0 Å². The van der Waals surface area contributed by atoms with Gasteiger partial charge in [0.15, 0.2) is 0 Å². The second-order valence-electron chi connectivity index (χ2n) is 4.53. The van der Waals surface area contributed by atoms with Gasteiger partial charge in [-0.05, 0) is 31.2 Å². The minimum absolute atomic E-state index is 0.0670. The maximum Gasteiger partial charge on any atom is 0.306 e. The Balaban J connectivity index is 2.80. The quantitative estimate of drug-likeness (QED) is 0.681. The van der Waals surface area contributed by atoms with Crippen molar-refractivity contribution in [1.82, 2.24) is 4.72 Å². The SMILES string of the molecule is CC(O)(CNS(=O)(=O)c1ccc(C#N)cc1)CC(=O)O. The molecule has 1 aromatic carbocycles. The Morgan fingerprint density at radius 1 is 1.40 bits per heavy atom. The average Bonchev–Trinajstić information content (AvgIpc) is 2.35. The molecule has 0 aliphatic heterocycles. The van der Waals surface area contributed by atoms with Crippen molar-refractivity contribution < 1.29 is 23.4 Å². The van der Waals surface area contributed by atoms with Gasteiger partial charge in [0.25, 0.3) is 0 Å². The Kier molecular flexibility index (Phi) is 4.83. The van der Waals surface area contributed by atoms with Crippen LogP contribution in [0.25, 0.3) is 0 Å². The Bertz CT molecular complexity index is 629. The summed E-state index contributed by atoms with van der Waals surface area (Å²) in [5, 5.41) is 26.9. The molecule has 108 valence electrons. The number of carboxylic acids is 1. The number of aliphatic carboxylic acids is 1. The normalized spacial score (nSPS) is 14.2. The van der Waals surface area contributed by atoms with Gasteiger partial charge in [-0.15, -0.1) is 0 Å². The summed E-state index contributed by atoms with van der Waals surface area (Å²) in [6, 6.07) is 7.08. The Morgan fingerprint density at radius 3 is 2.40 bits per heavy atom. The van der Waals surface area contributed by atoms with Gasteiger partial charge in [0.2, 0.25) is 10.0 Å². The molecule has 0 heterocycles. The maximum atomic E-state index is 11.9. The van der Waals surface area contributed by atoms with Crippen molar-refractivity contribution in [2.24, 2.45) is 0 Å². The third kappa shape index (κ3) is 4.62. The summed E-state index contributed by atoms with van der Waals surface area (Å²) in [5.41, 5.74) is -1.37. The molecule has 1 atom stereocenters. The highest BCUT2D eigenvalue weighted by Gasteiger charge is 2.26. The van der Waals surface area contributed by atoms with Crippen LogP contribution in [0.5, 0.6) is 0 Å². The van der Waals surface area contributed by atoms with E-state index in [2.05, 4.69) is 4.72 Å². The van der Waals surface area contributed by atoms with E-state index in [1.165, 1.54) is 31.2 Å². The molecule has 0 radical (unpaired) electrons. The van der Waals surface area contributed by atoms with Gasteiger partial charge in [0, 0.05) is 6.54 Å². The number of aliphatic hydroxyl groups is 1. The average molecular weight is 298 g/mol. The monoisotopic (exact) mass is 298 g/mol. The third-order valence-corrected chi connectivity index (χ3v) is 3.89. The second kappa shape index (κ2) is 6.00. The summed E-state index contributed by atoms with van der Waals surface area (Å²) in [6.07, 6.45) is -0.580. The first-order valence-electron chi connectivity index (χ1n) is 5.60. The minimum Gasteiger partial charge on any atom is -0.481 e. The zero-order chi connectivity index (χ0) is 15.4. The fraction of sp³-hybridized carbons (Fsp3) is 0.333. The van der Waals surface area contributed by atoms with Crippen molar-refractivity contribution in [3.8, 4) is 6.07 Å². The lowest BCUT2D eigenvalue weighted by atomic mass is 10.0. The molecule has 0 aliphatic rings. The largest absolute Gasteiger partial charge is 0.481 e. The van der Waals surface area contributed by atoms with E-state index < -0.39 is 34.6 Å². The van der Waals surface area contributed by atoms with Gasteiger partial charge >= 0.3 is 5.97 Å². The van der Waals surface area contributed by atoms with Crippen LogP contribution < -0.4 is 4.72 Å². The predicted octanol–water partition coefficient (Wildman–Crippen LogP) is 0.0623. The Morgan fingerprint density at radius 2 is 1.95 bits per heavy atom. The molecule has 1 rings (SSSR count). The molecule has 7 nitrogen and oxygen atoms in total. The molecule has 0 bridgehead atoms. The number of sulfonamides is 1. The number of hydrogen-bond donors (Lipinski definition) is 3. The number of nitrogens with zero attached hydrogens (tertiary/aromatic N) is 1. The summed E-state index contributed by atoms with van der Waals surface area (Å²) in [7, 11) is -3.87. The molecular formula is C12H14N2O5S. The molecule has 1 unspecified atom stereocenters. The number of rotatable bonds is 6. The minimum atomic E-state index is -3.87. The Labute approximate surface area is 116 Å². The van der Waals surface area contributed by atoms with E-state index >= 15 is 0 Å². The van der Waals surface area contributed by atoms with Crippen LogP contribution in [0, 0.1) is 11.3 Å². The first kappa shape index (κ1) is 16.1. The molecule has 0 aromatic heterocycles. The zero-order valence-electron chi connectivity index (χ0n) is 10.7. The number of nitrogens with one attached hydrogen (secondary N) is 1. The molecule has 0 spiro atoms. The number of carbonyl (C=O) groups is 1. The van der Waals surface area contributed by atoms with Crippen molar-refractivity contribution in [2.45, 2.75) is 23.8 Å². The van der Waals surface area contributed by atoms with Gasteiger partial charge in [0.05, 0.1) is 28.6 Å². The molecule has 0 fully saturated rings. The van der Waals surface area contributed by atoms with Crippen LogP contribution in [0.15, 0.2) is 29.2 Å². The fourth-order valence-corrected chi connectivity index (χ4v) is 2.59. The van der Waals surface area contributed by atoms with Crippen LogP contribution in [0.3, 0.4) is 0 Å². The predicted molar refractivity (Wildman–Crippen MR) is 69.2 cm³/mol. The van der Waals surface area contributed by atoms with Gasteiger partial charge in [-0.1, -0.05) is 0 Å². The van der Waals surface area contributed by atoms with E-state index in [-0.39, 0.29) is 4.90 Å². The van der Waals surface area contributed by atoms with Crippen molar-refractivity contribution >= 4 is 16.0 Å². The molecule has 0 aliphatic carbocycles. The van der Waals surface area contributed by atoms with Gasteiger partial charge in [-0.2, -0.15) is 5.26 Å². The van der Waals surface area contributed by atoms with Gasteiger partial charge in [-0.25, -0.2) is 13.1 Å². The molecule has 0 saturated heterocycles. The highest BCUT2D eigenvalue weighted by Crippen LogP contribution is 2.13. The smallest absolute Gasteiger partial charge is 0.306 e. The zero-order valence-corrected chi connectivity index (χ0v) is 11.5.